The van der Waals surface area contributed by atoms with Crippen LogP contribution >= 0.6 is 0 Å². The Balaban J connectivity index is 1.86. The predicted molar refractivity (Wildman–Crippen MR) is 107 cm³/mol. The monoisotopic (exact) mass is 420 g/mol. The second-order valence-electron chi connectivity index (χ2n) is 6.75. The molecule has 10 heteroatoms. The third-order valence-corrected chi connectivity index (χ3v) is 6.59. The third kappa shape index (κ3) is 4.33. The summed E-state index contributed by atoms with van der Waals surface area (Å²) in [5.74, 6) is 0.450. The summed E-state index contributed by atoms with van der Waals surface area (Å²) in [5.41, 5.74) is 1.43. The number of methoxy groups -OCH3 is 2. The van der Waals surface area contributed by atoms with Gasteiger partial charge in [0, 0.05) is 24.0 Å². The molecule has 3 rings (SSSR count). The van der Waals surface area contributed by atoms with E-state index in [-0.39, 0.29) is 17.4 Å². The van der Waals surface area contributed by atoms with Crippen molar-refractivity contribution >= 4 is 21.9 Å². The van der Waals surface area contributed by atoms with E-state index in [9.17, 15) is 13.2 Å². The first-order chi connectivity index (χ1) is 13.8. The van der Waals surface area contributed by atoms with Crippen molar-refractivity contribution in [2.45, 2.75) is 37.6 Å². The molecule has 1 aliphatic rings. The second-order valence-corrected chi connectivity index (χ2v) is 8.64. The van der Waals surface area contributed by atoms with Gasteiger partial charge in [-0.2, -0.15) is 4.31 Å². The Morgan fingerprint density at radius 2 is 1.76 bits per heavy atom. The molecule has 1 aromatic heterocycles. The molecule has 1 aliphatic heterocycles. The van der Waals surface area contributed by atoms with Crippen molar-refractivity contribution in [1.29, 1.82) is 0 Å². The normalized spacial score (nSPS) is 17.2. The van der Waals surface area contributed by atoms with E-state index in [1.807, 2.05) is 0 Å². The summed E-state index contributed by atoms with van der Waals surface area (Å²) in [6.45, 7) is 3.85. The van der Waals surface area contributed by atoms with Crippen molar-refractivity contribution in [1.82, 2.24) is 14.3 Å². The zero-order chi connectivity index (χ0) is 21.2. The number of carbonyl (C=O) groups excluding carboxylic acids is 1. The minimum absolute atomic E-state index is 0.0394. The van der Waals surface area contributed by atoms with Gasteiger partial charge in [0.1, 0.15) is 6.04 Å². The van der Waals surface area contributed by atoms with Gasteiger partial charge in [-0.3, -0.25) is 10.1 Å². The fourth-order valence-electron chi connectivity index (χ4n) is 3.38. The summed E-state index contributed by atoms with van der Waals surface area (Å²) < 4.78 is 38.0. The molecule has 1 aromatic carbocycles. The molecule has 0 bridgehead atoms. The minimum Gasteiger partial charge on any atom is -0.493 e. The van der Waals surface area contributed by atoms with Crippen molar-refractivity contribution in [3.63, 3.8) is 0 Å². The molecule has 2 heterocycles. The lowest BCUT2D eigenvalue weighted by molar-refractivity contribution is -0.119. The van der Waals surface area contributed by atoms with Crippen LogP contribution in [0.15, 0.2) is 29.2 Å². The number of carbonyl (C=O) groups is 1. The highest BCUT2D eigenvalue weighted by Crippen LogP contribution is 2.33. The highest BCUT2D eigenvalue weighted by molar-refractivity contribution is 7.89. The Labute approximate surface area is 170 Å². The maximum absolute atomic E-state index is 13.2. The van der Waals surface area contributed by atoms with Gasteiger partial charge in [-0.15, -0.1) is 0 Å². The van der Waals surface area contributed by atoms with E-state index >= 15 is 0 Å². The van der Waals surface area contributed by atoms with Gasteiger partial charge in [0.25, 0.3) is 0 Å². The first kappa shape index (κ1) is 21.0. The molecule has 1 saturated heterocycles. The van der Waals surface area contributed by atoms with Gasteiger partial charge >= 0.3 is 0 Å². The van der Waals surface area contributed by atoms with Gasteiger partial charge in [0.15, 0.2) is 11.5 Å². The molecule has 156 valence electrons. The Hall–Kier alpha value is -2.72. The minimum atomic E-state index is -3.90. The Morgan fingerprint density at radius 1 is 1.10 bits per heavy atom. The van der Waals surface area contributed by atoms with E-state index in [0.29, 0.717) is 35.7 Å². The molecule has 1 N–H and O–H groups in total. The molecule has 0 aliphatic carbocycles. The van der Waals surface area contributed by atoms with Crippen molar-refractivity contribution in [3.05, 3.63) is 35.7 Å². The van der Waals surface area contributed by atoms with Gasteiger partial charge in [-0.05, 0) is 44.9 Å². The van der Waals surface area contributed by atoms with Crippen LogP contribution in [0.3, 0.4) is 0 Å². The number of sulfonamides is 1. The zero-order valence-electron chi connectivity index (χ0n) is 16.8. The van der Waals surface area contributed by atoms with Gasteiger partial charge in [0.05, 0.1) is 19.1 Å². The highest BCUT2D eigenvalue weighted by atomic mass is 32.2. The van der Waals surface area contributed by atoms with Gasteiger partial charge in [0.2, 0.25) is 21.9 Å². The molecule has 0 radical (unpaired) electrons. The molecular formula is C19H24N4O5S. The van der Waals surface area contributed by atoms with E-state index in [1.165, 1.54) is 36.7 Å². The zero-order valence-corrected chi connectivity index (χ0v) is 17.6. The van der Waals surface area contributed by atoms with Crippen LogP contribution in [-0.2, 0) is 14.8 Å². The molecule has 2 aromatic rings. The summed E-state index contributed by atoms with van der Waals surface area (Å²) in [5, 5.41) is 2.65. The van der Waals surface area contributed by atoms with Crippen LogP contribution < -0.4 is 14.8 Å². The summed E-state index contributed by atoms with van der Waals surface area (Å²) in [7, 11) is -0.994. The molecule has 9 nitrogen and oxygen atoms in total. The van der Waals surface area contributed by atoms with Crippen LogP contribution in [0.1, 0.15) is 24.2 Å². The summed E-state index contributed by atoms with van der Waals surface area (Å²) >= 11 is 0. The average Bonchev–Trinajstić information content (AvgIpc) is 3.17. The SMILES string of the molecule is COc1ccc(S(=O)(=O)N2CCCC2C(=O)Nc2nc(C)cc(C)n2)cc1OC. The van der Waals surface area contributed by atoms with E-state index in [1.54, 1.807) is 19.9 Å². The van der Waals surface area contributed by atoms with Crippen LogP contribution in [0.4, 0.5) is 5.95 Å². The Bertz CT molecular complexity index is 1010. The maximum Gasteiger partial charge on any atom is 0.245 e. The Kier molecular flexibility index (Phi) is 6.04. The van der Waals surface area contributed by atoms with Crippen molar-refractivity contribution in [2.75, 3.05) is 26.1 Å². The maximum atomic E-state index is 13.2. The van der Waals surface area contributed by atoms with Crippen LogP contribution in [0.25, 0.3) is 0 Å². The number of nitrogens with one attached hydrogen (secondary N) is 1. The van der Waals surface area contributed by atoms with E-state index < -0.39 is 22.0 Å². The number of amides is 1. The van der Waals surface area contributed by atoms with Crippen molar-refractivity contribution in [3.8, 4) is 11.5 Å². The first-order valence-corrected chi connectivity index (χ1v) is 10.6. The highest BCUT2D eigenvalue weighted by Gasteiger charge is 2.40. The number of hydrogen-bond acceptors (Lipinski definition) is 7. The van der Waals surface area contributed by atoms with Crippen LogP contribution in [0.5, 0.6) is 11.5 Å². The average molecular weight is 420 g/mol. The van der Waals surface area contributed by atoms with Gasteiger partial charge < -0.3 is 9.47 Å². The molecular weight excluding hydrogens is 396 g/mol. The molecule has 0 saturated carbocycles. The first-order valence-electron chi connectivity index (χ1n) is 9.13. The van der Waals surface area contributed by atoms with E-state index in [0.717, 1.165) is 0 Å². The molecule has 1 unspecified atom stereocenters. The summed E-state index contributed by atoms with van der Waals surface area (Å²) in [4.78, 5) is 21.2. The van der Waals surface area contributed by atoms with Crippen LogP contribution in [-0.4, -0.2) is 55.4 Å². The standard InChI is InChI=1S/C19H24N4O5S/c1-12-10-13(2)21-19(20-12)22-18(24)15-6-5-9-23(15)29(25,26)14-7-8-16(27-3)17(11-14)28-4/h7-8,10-11,15H,5-6,9H2,1-4H3,(H,20,21,22,24). The van der Waals surface area contributed by atoms with E-state index in [4.69, 9.17) is 9.47 Å². The number of aryl methyl sites for hydroxylation is 2. The fourth-order valence-corrected chi connectivity index (χ4v) is 5.05. The fraction of sp³-hybridized carbons (Fsp3) is 0.421. The lowest BCUT2D eigenvalue weighted by Crippen LogP contribution is -2.43. The summed E-state index contributed by atoms with van der Waals surface area (Å²) in [6, 6.07) is 5.32. The number of nitrogens with zero attached hydrogens (tertiary/aromatic N) is 3. The van der Waals surface area contributed by atoms with Gasteiger partial charge in [-0.1, -0.05) is 0 Å². The van der Waals surface area contributed by atoms with Crippen LogP contribution in [0.2, 0.25) is 0 Å². The molecule has 1 atom stereocenters. The third-order valence-electron chi connectivity index (χ3n) is 4.69. The molecule has 0 spiro atoms. The molecule has 1 amide bonds. The van der Waals surface area contributed by atoms with E-state index in [2.05, 4.69) is 15.3 Å². The van der Waals surface area contributed by atoms with Gasteiger partial charge in [-0.25, -0.2) is 18.4 Å². The quantitative estimate of drug-likeness (QED) is 0.760. The second kappa shape index (κ2) is 8.34. The number of benzene rings is 1. The smallest absolute Gasteiger partial charge is 0.245 e. The molecule has 1 fully saturated rings. The lowest BCUT2D eigenvalue weighted by Gasteiger charge is -2.23. The number of anilines is 1. The van der Waals surface area contributed by atoms with Crippen LogP contribution in [0, 0.1) is 13.8 Å². The molecule has 29 heavy (non-hydrogen) atoms. The Morgan fingerprint density at radius 3 is 2.38 bits per heavy atom. The number of ether oxygens (including phenoxy) is 2. The largest absolute Gasteiger partial charge is 0.493 e. The lowest BCUT2D eigenvalue weighted by atomic mass is 10.2. The number of rotatable bonds is 6. The predicted octanol–water partition coefficient (Wildman–Crippen LogP) is 1.90. The van der Waals surface area contributed by atoms with Crippen molar-refractivity contribution < 1.29 is 22.7 Å². The van der Waals surface area contributed by atoms with Crippen molar-refractivity contribution in [2.24, 2.45) is 0 Å². The summed E-state index contributed by atoms with van der Waals surface area (Å²) in [6.07, 6.45) is 1.00. The number of hydrogen-bond donors (Lipinski definition) is 1. The topological polar surface area (TPSA) is 111 Å². The number of aromatic nitrogens is 2.